The number of aromatic amines is 1. The fourth-order valence-corrected chi connectivity index (χ4v) is 3.28. The monoisotopic (exact) mass is 339 g/mol. The van der Waals surface area contributed by atoms with Crippen LogP contribution in [0.25, 0.3) is 11.2 Å². The lowest BCUT2D eigenvalue weighted by Crippen LogP contribution is -2.42. The third-order valence-corrected chi connectivity index (χ3v) is 4.38. The van der Waals surface area contributed by atoms with Crippen molar-refractivity contribution in [2.45, 2.75) is 37.4 Å². The Morgan fingerprint density at radius 1 is 1.54 bits per heavy atom. The molecule has 5 atom stereocenters. The SMILES string of the molecule is COC1OC2[C@@H](CO)O[C@H](n3cnc4c(=O)[nH]c(N)nc43)C2(C)O1. The molecule has 11 heteroatoms. The number of anilines is 1. The highest BCUT2D eigenvalue weighted by molar-refractivity contribution is 5.70. The summed E-state index contributed by atoms with van der Waals surface area (Å²) in [6, 6.07) is 0. The first-order chi connectivity index (χ1) is 11.5. The maximum atomic E-state index is 11.9. The summed E-state index contributed by atoms with van der Waals surface area (Å²) in [5.74, 6) is -0.0361. The van der Waals surface area contributed by atoms with Crippen LogP contribution in [0.15, 0.2) is 11.1 Å². The van der Waals surface area contributed by atoms with Crippen LogP contribution in [0.4, 0.5) is 5.95 Å². The van der Waals surface area contributed by atoms with Gasteiger partial charge >= 0.3 is 0 Å². The summed E-state index contributed by atoms with van der Waals surface area (Å²) >= 11 is 0. The normalized spacial score (nSPS) is 35.6. The highest BCUT2D eigenvalue weighted by Crippen LogP contribution is 2.48. The summed E-state index contributed by atoms with van der Waals surface area (Å²) in [6.45, 7) is 0.635. The van der Waals surface area contributed by atoms with Gasteiger partial charge in [-0.3, -0.25) is 14.3 Å². The lowest BCUT2D eigenvalue weighted by Gasteiger charge is -2.28. The second-order valence-corrected chi connectivity index (χ2v) is 5.87. The number of rotatable bonds is 3. The molecule has 2 saturated heterocycles. The fourth-order valence-electron chi connectivity index (χ4n) is 3.28. The number of fused-ring (bicyclic) bond motifs is 2. The van der Waals surface area contributed by atoms with E-state index in [1.165, 1.54) is 13.4 Å². The van der Waals surface area contributed by atoms with Crippen LogP contribution in [0.3, 0.4) is 0 Å². The van der Waals surface area contributed by atoms with Crippen molar-refractivity contribution in [2.75, 3.05) is 19.5 Å². The molecule has 0 aromatic carbocycles. The largest absolute Gasteiger partial charge is 0.394 e. The van der Waals surface area contributed by atoms with E-state index in [4.69, 9.17) is 24.7 Å². The van der Waals surface area contributed by atoms with Gasteiger partial charge < -0.3 is 29.8 Å². The molecule has 130 valence electrons. The third-order valence-electron chi connectivity index (χ3n) is 4.38. The first-order valence-electron chi connectivity index (χ1n) is 7.32. The Morgan fingerprint density at radius 3 is 3.04 bits per heavy atom. The summed E-state index contributed by atoms with van der Waals surface area (Å²) in [4.78, 5) is 22.5. The highest BCUT2D eigenvalue weighted by Gasteiger charge is 2.62. The zero-order valence-electron chi connectivity index (χ0n) is 13.0. The van der Waals surface area contributed by atoms with E-state index in [-0.39, 0.29) is 23.7 Å². The van der Waals surface area contributed by atoms with Crippen molar-refractivity contribution in [3.63, 3.8) is 0 Å². The van der Waals surface area contributed by atoms with Crippen LogP contribution in [-0.4, -0.2) is 62.6 Å². The van der Waals surface area contributed by atoms with E-state index in [0.29, 0.717) is 0 Å². The van der Waals surface area contributed by atoms with Gasteiger partial charge in [0.2, 0.25) is 5.95 Å². The minimum absolute atomic E-state index is 0.0361. The molecular weight excluding hydrogens is 322 g/mol. The quantitative estimate of drug-likeness (QED) is 0.620. The van der Waals surface area contributed by atoms with E-state index >= 15 is 0 Å². The van der Waals surface area contributed by atoms with Gasteiger partial charge in [0.05, 0.1) is 12.9 Å². The van der Waals surface area contributed by atoms with Gasteiger partial charge in [-0.05, 0) is 6.92 Å². The van der Waals surface area contributed by atoms with Crippen LogP contribution in [0.2, 0.25) is 0 Å². The standard InChI is InChI=1S/C13H17N5O6/c1-13-7(23-12(21-2)24-13)5(3-19)22-10(13)18-4-15-6-8(18)16-11(14)17-9(6)20/h4-5,7,10,12,19H,3H2,1-2H3,(H3,14,16,17,20)/t5-,7?,10+,12?,13?/m1/s1. The third kappa shape index (κ3) is 1.99. The first kappa shape index (κ1) is 15.5. The lowest BCUT2D eigenvalue weighted by atomic mass is 9.96. The van der Waals surface area contributed by atoms with E-state index in [1.54, 1.807) is 11.5 Å². The van der Waals surface area contributed by atoms with Gasteiger partial charge in [-0.25, -0.2) is 4.98 Å². The van der Waals surface area contributed by atoms with Crippen LogP contribution in [-0.2, 0) is 18.9 Å². The Kier molecular flexibility index (Phi) is 3.37. The number of methoxy groups -OCH3 is 1. The minimum atomic E-state index is -0.971. The number of nitrogens with two attached hydrogens (primary N) is 1. The Morgan fingerprint density at radius 2 is 2.33 bits per heavy atom. The predicted molar refractivity (Wildman–Crippen MR) is 78.7 cm³/mol. The molecule has 4 rings (SSSR count). The molecule has 2 aliphatic heterocycles. The minimum Gasteiger partial charge on any atom is -0.394 e. The average Bonchev–Trinajstić information content (AvgIpc) is 3.17. The maximum absolute atomic E-state index is 11.9. The highest BCUT2D eigenvalue weighted by atomic mass is 16.9. The van der Waals surface area contributed by atoms with Gasteiger partial charge in [-0.1, -0.05) is 0 Å². The lowest BCUT2D eigenvalue weighted by molar-refractivity contribution is -0.269. The molecule has 2 fully saturated rings. The number of H-pyrrole nitrogens is 1. The number of hydrogen-bond acceptors (Lipinski definition) is 9. The Labute approximate surface area is 135 Å². The fraction of sp³-hybridized carbons (Fsp3) is 0.615. The number of aliphatic hydroxyl groups excluding tert-OH is 1. The van der Waals surface area contributed by atoms with Crippen LogP contribution < -0.4 is 11.3 Å². The van der Waals surface area contributed by atoms with Crippen molar-refractivity contribution >= 4 is 17.1 Å². The molecule has 2 aliphatic rings. The van der Waals surface area contributed by atoms with E-state index in [2.05, 4.69) is 15.0 Å². The number of imidazole rings is 1. The van der Waals surface area contributed by atoms with Gasteiger partial charge in [0.15, 0.2) is 17.4 Å². The summed E-state index contributed by atoms with van der Waals surface area (Å²) in [5.41, 5.74) is 4.58. The second-order valence-electron chi connectivity index (χ2n) is 5.87. The van der Waals surface area contributed by atoms with Gasteiger partial charge in [0, 0.05) is 7.11 Å². The van der Waals surface area contributed by atoms with Crippen molar-refractivity contribution < 1.29 is 24.1 Å². The van der Waals surface area contributed by atoms with Gasteiger partial charge in [-0.2, -0.15) is 4.98 Å². The summed E-state index contributed by atoms with van der Waals surface area (Å²) in [7, 11) is 1.45. The first-order valence-corrected chi connectivity index (χ1v) is 7.32. The Bertz CT molecular complexity index is 836. The van der Waals surface area contributed by atoms with Crippen molar-refractivity contribution in [3.05, 3.63) is 16.7 Å². The van der Waals surface area contributed by atoms with E-state index in [0.717, 1.165) is 0 Å². The van der Waals surface area contributed by atoms with Gasteiger partial charge in [0.25, 0.3) is 12.0 Å². The molecule has 0 radical (unpaired) electrons. The number of nitrogen functional groups attached to an aromatic ring is 1. The molecule has 0 amide bonds. The number of ether oxygens (including phenoxy) is 4. The van der Waals surface area contributed by atoms with Crippen LogP contribution in [0.5, 0.6) is 0 Å². The summed E-state index contributed by atoms with van der Waals surface area (Å²) in [5, 5.41) is 9.59. The number of aliphatic hydroxyl groups is 1. The number of aromatic nitrogens is 4. The molecule has 24 heavy (non-hydrogen) atoms. The maximum Gasteiger partial charge on any atom is 0.280 e. The molecule has 4 N–H and O–H groups in total. The van der Waals surface area contributed by atoms with Crippen LogP contribution in [0.1, 0.15) is 13.2 Å². The predicted octanol–water partition coefficient (Wildman–Crippen LogP) is -1.30. The van der Waals surface area contributed by atoms with Gasteiger partial charge in [-0.15, -0.1) is 0 Å². The Hall–Kier alpha value is -2.05. The molecule has 0 saturated carbocycles. The number of nitrogens with zero attached hydrogens (tertiary/aromatic N) is 3. The van der Waals surface area contributed by atoms with E-state index in [1.807, 2.05) is 0 Å². The summed E-state index contributed by atoms with van der Waals surface area (Å²) in [6.07, 6.45) is -0.507. The van der Waals surface area contributed by atoms with Crippen molar-refractivity contribution in [3.8, 4) is 0 Å². The number of nitrogens with one attached hydrogen (secondary N) is 1. The van der Waals surface area contributed by atoms with E-state index in [9.17, 15) is 9.90 Å². The molecule has 0 bridgehead atoms. The smallest absolute Gasteiger partial charge is 0.280 e. The van der Waals surface area contributed by atoms with Crippen molar-refractivity contribution in [2.24, 2.45) is 0 Å². The van der Waals surface area contributed by atoms with Gasteiger partial charge in [0.1, 0.15) is 17.8 Å². The number of hydrogen-bond donors (Lipinski definition) is 3. The topological polar surface area (TPSA) is 147 Å². The summed E-state index contributed by atoms with van der Waals surface area (Å²) < 4.78 is 24.0. The zero-order valence-corrected chi connectivity index (χ0v) is 13.0. The Balaban J connectivity index is 1.83. The molecule has 3 unspecified atom stereocenters. The molecular formula is C13H17N5O6. The zero-order chi connectivity index (χ0) is 17.1. The van der Waals surface area contributed by atoms with E-state index < -0.39 is 36.1 Å². The molecule has 4 heterocycles. The molecule has 0 spiro atoms. The van der Waals surface area contributed by atoms with Crippen molar-refractivity contribution in [1.29, 1.82) is 0 Å². The molecule has 11 nitrogen and oxygen atoms in total. The second kappa shape index (κ2) is 5.22. The molecule has 0 aliphatic carbocycles. The van der Waals surface area contributed by atoms with Crippen LogP contribution in [0, 0.1) is 0 Å². The molecule has 2 aromatic heterocycles. The van der Waals surface area contributed by atoms with Crippen molar-refractivity contribution in [1.82, 2.24) is 19.5 Å². The average molecular weight is 339 g/mol. The van der Waals surface area contributed by atoms with Crippen LogP contribution >= 0.6 is 0 Å². The molecule has 2 aromatic rings.